The van der Waals surface area contributed by atoms with Gasteiger partial charge in [0.25, 0.3) is 0 Å². The fraction of sp³-hybridized carbons (Fsp3) is 0.733. The number of H-pyrrole nitrogens is 1. The number of hydrogen-bond acceptors (Lipinski definition) is 3. The highest BCUT2D eigenvalue weighted by atomic mass is 16.2. The number of imidazole rings is 1. The molecule has 0 aliphatic carbocycles. The number of likely N-dealkylation sites (tertiary alicyclic amines) is 1. The number of carbonyl (C=O) groups excluding carboxylic acids is 1. The standard InChI is InChI=1S/C15H26N4O/c1-11-16-9-13(18-11)10-17-12-5-7-19(8-6-12)14(20)15(2,3)4/h9,12,17H,5-8,10H2,1-4H3,(H,16,18). The Labute approximate surface area is 121 Å². The minimum Gasteiger partial charge on any atom is -0.345 e. The minimum absolute atomic E-state index is 0.264. The molecule has 1 aromatic heterocycles. The van der Waals surface area contributed by atoms with E-state index in [1.165, 1.54) is 0 Å². The van der Waals surface area contributed by atoms with E-state index in [0.29, 0.717) is 6.04 Å². The van der Waals surface area contributed by atoms with Crippen molar-refractivity contribution in [1.82, 2.24) is 20.2 Å². The van der Waals surface area contributed by atoms with Gasteiger partial charge in [-0.1, -0.05) is 20.8 Å². The van der Waals surface area contributed by atoms with Crippen molar-refractivity contribution in [3.8, 4) is 0 Å². The third-order valence-electron chi connectivity index (χ3n) is 3.76. The molecule has 0 bridgehead atoms. The van der Waals surface area contributed by atoms with E-state index in [1.807, 2.05) is 38.8 Å². The average molecular weight is 278 g/mol. The van der Waals surface area contributed by atoms with E-state index in [0.717, 1.165) is 44.0 Å². The molecule has 5 nitrogen and oxygen atoms in total. The van der Waals surface area contributed by atoms with Crippen LogP contribution in [-0.4, -0.2) is 39.9 Å². The highest BCUT2D eigenvalue weighted by Gasteiger charge is 2.30. The predicted molar refractivity (Wildman–Crippen MR) is 79.2 cm³/mol. The number of aromatic nitrogens is 2. The lowest BCUT2D eigenvalue weighted by Crippen LogP contribution is -2.48. The van der Waals surface area contributed by atoms with E-state index in [9.17, 15) is 4.79 Å². The third-order valence-corrected chi connectivity index (χ3v) is 3.76. The largest absolute Gasteiger partial charge is 0.345 e. The van der Waals surface area contributed by atoms with Crippen molar-refractivity contribution in [3.63, 3.8) is 0 Å². The Morgan fingerprint density at radius 2 is 2.10 bits per heavy atom. The summed E-state index contributed by atoms with van der Waals surface area (Å²) in [6.07, 6.45) is 3.92. The zero-order chi connectivity index (χ0) is 14.8. The minimum atomic E-state index is -0.270. The van der Waals surface area contributed by atoms with Crippen LogP contribution in [0.2, 0.25) is 0 Å². The summed E-state index contributed by atoms with van der Waals surface area (Å²) in [6.45, 7) is 10.4. The fourth-order valence-electron chi connectivity index (χ4n) is 2.58. The van der Waals surface area contributed by atoms with Crippen LogP contribution in [0.25, 0.3) is 0 Å². The van der Waals surface area contributed by atoms with Gasteiger partial charge in [-0.3, -0.25) is 4.79 Å². The topological polar surface area (TPSA) is 61.0 Å². The maximum absolute atomic E-state index is 12.2. The molecule has 0 saturated carbocycles. The summed E-state index contributed by atoms with van der Waals surface area (Å²) in [5.41, 5.74) is 0.851. The maximum Gasteiger partial charge on any atom is 0.227 e. The molecule has 1 aliphatic rings. The number of piperidine rings is 1. The Morgan fingerprint density at radius 3 is 2.60 bits per heavy atom. The lowest BCUT2D eigenvalue weighted by atomic mass is 9.93. The molecule has 2 rings (SSSR count). The second-order valence-corrected chi connectivity index (χ2v) is 6.69. The zero-order valence-corrected chi connectivity index (χ0v) is 13.0. The highest BCUT2D eigenvalue weighted by molar-refractivity contribution is 5.81. The zero-order valence-electron chi connectivity index (χ0n) is 13.0. The van der Waals surface area contributed by atoms with Gasteiger partial charge in [-0.05, 0) is 19.8 Å². The van der Waals surface area contributed by atoms with Gasteiger partial charge in [-0.15, -0.1) is 0 Å². The molecule has 5 heteroatoms. The Balaban J connectivity index is 1.76. The number of aryl methyl sites for hydroxylation is 1. The molecule has 0 unspecified atom stereocenters. The van der Waals surface area contributed by atoms with Gasteiger partial charge in [0.15, 0.2) is 0 Å². The van der Waals surface area contributed by atoms with Gasteiger partial charge in [-0.2, -0.15) is 0 Å². The molecule has 0 radical (unpaired) electrons. The summed E-state index contributed by atoms with van der Waals surface area (Å²) in [6, 6.07) is 0.489. The maximum atomic E-state index is 12.2. The second-order valence-electron chi connectivity index (χ2n) is 6.69. The first-order valence-corrected chi connectivity index (χ1v) is 7.39. The van der Waals surface area contributed by atoms with Crippen molar-refractivity contribution in [2.45, 2.75) is 53.1 Å². The second kappa shape index (κ2) is 5.95. The van der Waals surface area contributed by atoms with Gasteiger partial charge in [0.1, 0.15) is 5.82 Å². The van der Waals surface area contributed by atoms with Crippen LogP contribution in [0.15, 0.2) is 6.20 Å². The number of amides is 1. The molecule has 1 saturated heterocycles. The van der Waals surface area contributed by atoms with Crippen LogP contribution in [0.5, 0.6) is 0 Å². The smallest absolute Gasteiger partial charge is 0.227 e. The van der Waals surface area contributed by atoms with E-state index >= 15 is 0 Å². The van der Waals surface area contributed by atoms with Gasteiger partial charge in [0.05, 0.1) is 0 Å². The molecule has 112 valence electrons. The van der Waals surface area contributed by atoms with Crippen molar-refractivity contribution >= 4 is 5.91 Å². The van der Waals surface area contributed by atoms with Crippen molar-refractivity contribution in [1.29, 1.82) is 0 Å². The number of rotatable bonds is 3. The molecule has 2 N–H and O–H groups in total. The molecule has 1 aromatic rings. The first-order valence-electron chi connectivity index (χ1n) is 7.39. The summed E-state index contributed by atoms with van der Waals surface area (Å²) in [4.78, 5) is 21.6. The number of carbonyl (C=O) groups is 1. The first-order chi connectivity index (χ1) is 9.36. The van der Waals surface area contributed by atoms with Gasteiger partial charge < -0.3 is 15.2 Å². The van der Waals surface area contributed by atoms with E-state index in [1.54, 1.807) is 0 Å². The molecule has 2 heterocycles. The average Bonchev–Trinajstić information content (AvgIpc) is 2.81. The van der Waals surface area contributed by atoms with Crippen LogP contribution >= 0.6 is 0 Å². The quantitative estimate of drug-likeness (QED) is 0.887. The lowest BCUT2D eigenvalue weighted by molar-refractivity contribution is -0.140. The molecule has 1 amide bonds. The summed E-state index contributed by atoms with van der Waals surface area (Å²) in [5, 5.41) is 3.54. The molecular formula is C15H26N4O. The molecule has 0 atom stereocenters. The SMILES string of the molecule is Cc1ncc(CNC2CCN(C(=O)C(C)(C)C)CC2)[nH]1. The van der Waals surface area contributed by atoms with Gasteiger partial charge in [0.2, 0.25) is 5.91 Å². The normalized spacial score (nSPS) is 17.5. The van der Waals surface area contributed by atoms with Crippen LogP contribution in [0.1, 0.15) is 45.1 Å². The summed E-state index contributed by atoms with van der Waals surface area (Å²) in [7, 11) is 0. The monoisotopic (exact) mass is 278 g/mol. The summed E-state index contributed by atoms with van der Waals surface area (Å²) >= 11 is 0. The summed E-state index contributed by atoms with van der Waals surface area (Å²) in [5.74, 6) is 1.22. The number of nitrogens with one attached hydrogen (secondary N) is 2. The van der Waals surface area contributed by atoms with Crippen LogP contribution in [0.4, 0.5) is 0 Å². The number of hydrogen-bond donors (Lipinski definition) is 2. The van der Waals surface area contributed by atoms with Gasteiger partial charge in [0, 0.05) is 43.0 Å². The van der Waals surface area contributed by atoms with E-state index in [-0.39, 0.29) is 11.3 Å². The van der Waals surface area contributed by atoms with Crippen molar-refractivity contribution < 1.29 is 4.79 Å². The van der Waals surface area contributed by atoms with Crippen molar-refractivity contribution in [2.24, 2.45) is 5.41 Å². The van der Waals surface area contributed by atoms with Gasteiger partial charge in [-0.25, -0.2) is 4.98 Å². The molecule has 0 aromatic carbocycles. The molecule has 1 fully saturated rings. The lowest BCUT2D eigenvalue weighted by Gasteiger charge is -2.36. The number of aromatic amines is 1. The highest BCUT2D eigenvalue weighted by Crippen LogP contribution is 2.21. The Bertz CT molecular complexity index is 453. The fourth-order valence-corrected chi connectivity index (χ4v) is 2.58. The molecule has 0 spiro atoms. The van der Waals surface area contributed by atoms with Crippen molar-refractivity contribution in [3.05, 3.63) is 17.7 Å². The third kappa shape index (κ3) is 3.82. The molecular weight excluding hydrogens is 252 g/mol. The van der Waals surface area contributed by atoms with Crippen molar-refractivity contribution in [2.75, 3.05) is 13.1 Å². The summed E-state index contributed by atoms with van der Waals surface area (Å²) < 4.78 is 0. The number of nitrogens with zero attached hydrogens (tertiary/aromatic N) is 2. The van der Waals surface area contributed by atoms with Crippen LogP contribution in [-0.2, 0) is 11.3 Å². The Kier molecular flexibility index (Phi) is 4.48. The Morgan fingerprint density at radius 1 is 1.45 bits per heavy atom. The van der Waals surface area contributed by atoms with E-state index in [2.05, 4.69) is 15.3 Å². The van der Waals surface area contributed by atoms with Crippen LogP contribution in [0, 0.1) is 12.3 Å². The first kappa shape index (κ1) is 15.0. The van der Waals surface area contributed by atoms with E-state index in [4.69, 9.17) is 0 Å². The van der Waals surface area contributed by atoms with Crippen LogP contribution in [0.3, 0.4) is 0 Å². The molecule has 20 heavy (non-hydrogen) atoms. The van der Waals surface area contributed by atoms with Gasteiger partial charge >= 0.3 is 0 Å². The van der Waals surface area contributed by atoms with Crippen LogP contribution < -0.4 is 5.32 Å². The molecule has 1 aliphatic heterocycles. The predicted octanol–water partition coefficient (Wildman–Crippen LogP) is 1.84. The Hall–Kier alpha value is -1.36. The van der Waals surface area contributed by atoms with E-state index < -0.39 is 0 Å².